The highest BCUT2D eigenvalue weighted by atomic mass is 19.1. The van der Waals surface area contributed by atoms with Gasteiger partial charge in [0.15, 0.2) is 11.6 Å². The van der Waals surface area contributed by atoms with Crippen LogP contribution in [0.1, 0.15) is 0 Å². The number of hydrogen-bond donors (Lipinski definition) is 3. The molecular formula is C22H27F2N7O3. The van der Waals surface area contributed by atoms with Crippen LogP contribution in [0.3, 0.4) is 0 Å². The second kappa shape index (κ2) is 10.0. The molecule has 2 fully saturated rings. The number of carbonyl (C=O) groups excluding carboxylic acids is 1. The molecule has 182 valence electrons. The maximum Gasteiger partial charge on any atom is 0.414 e. The molecular weight excluding hydrogens is 448 g/mol. The molecule has 0 unspecified atom stereocenters. The van der Waals surface area contributed by atoms with E-state index in [1.807, 2.05) is 12.1 Å². The molecule has 34 heavy (non-hydrogen) atoms. The number of hydrogen-bond acceptors (Lipinski definition) is 9. The van der Waals surface area contributed by atoms with Crippen molar-refractivity contribution in [3.05, 3.63) is 60.4 Å². The molecule has 1 amide bonds. The van der Waals surface area contributed by atoms with E-state index in [1.165, 1.54) is 22.3 Å². The van der Waals surface area contributed by atoms with Gasteiger partial charge >= 0.3 is 6.09 Å². The summed E-state index contributed by atoms with van der Waals surface area (Å²) in [7, 11) is 0. The van der Waals surface area contributed by atoms with E-state index in [0.717, 1.165) is 17.8 Å². The fraction of sp³-hybridized carbons (Fsp3) is 0.318. The summed E-state index contributed by atoms with van der Waals surface area (Å²) in [5.74, 6) is 4.16. The number of cyclic esters (lactones) is 1. The third kappa shape index (κ3) is 5.07. The zero-order valence-electron chi connectivity index (χ0n) is 18.4. The maximum atomic E-state index is 15.1. The highest BCUT2D eigenvalue weighted by Gasteiger charge is 2.34. The van der Waals surface area contributed by atoms with Crippen molar-refractivity contribution in [1.82, 2.24) is 5.01 Å². The summed E-state index contributed by atoms with van der Waals surface area (Å²) in [5, 5.41) is 2.94. The second-order valence-electron chi connectivity index (χ2n) is 7.93. The molecule has 2 saturated heterocycles. The van der Waals surface area contributed by atoms with Crippen LogP contribution in [0.5, 0.6) is 0 Å². The lowest BCUT2D eigenvalue weighted by molar-refractivity contribution is 0.122. The second-order valence-corrected chi connectivity index (χ2v) is 7.93. The van der Waals surface area contributed by atoms with E-state index in [-0.39, 0.29) is 37.6 Å². The van der Waals surface area contributed by atoms with Gasteiger partial charge in [-0.05, 0) is 24.3 Å². The Labute approximate surface area is 195 Å². The summed E-state index contributed by atoms with van der Waals surface area (Å²) in [4.78, 5) is 20.8. The molecule has 2 aromatic carbocycles. The lowest BCUT2D eigenvalue weighted by Crippen LogP contribution is -2.36. The Kier molecular flexibility index (Phi) is 6.89. The van der Waals surface area contributed by atoms with Gasteiger partial charge in [-0.25, -0.2) is 19.4 Å². The highest BCUT2D eigenvalue weighted by molar-refractivity contribution is 5.90. The standard InChI is InChI=1S/C22H27F2N7O3/c23-19-11-17(30-14-18(34-22(30)32)13-29(27)6-5-25)12-20(24)21(19)28-7-8-31(33-10-9-28)16-3-1-15(26)2-4-16/h1-6,11-12,18H,7-10,13-14,25-27H2/b6-5-/t18-/m0/s1. The minimum absolute atomic E-state index is 0.0683. The van der Waals surface area contributed by atoms with E-state index in [2.05, 4.69) is 0 Å². The number of rotatable bonds is 6. The maximum absolute atomic E-state index is 15.1. The molecule has 12 heteroatoms. The van der Waals surface area contributed by atoms with Crippen LogP contribution in [0.4, 0.5) is 36.3 Å². The van der Waals surface area contributed by atoms with Crippen molar-refractivity contribution in [2.75, 3.05) is 59.9 Å². The first kappa shape index (κ1) is 23.4. The van der Waals surface area contributed by atoms with E-state index in [4.69, 9.17) is 26.9 Å². The van der Waals surface area contributed by atoms with Crippen molar-refractivity contribution >= 4 is 28.8 Å². The zero-order valence-corrected chi connectivity index (χ0v) is 18.4. The van der Waals surface area contributed by atoms with Gasteiger partial charge in [-0.15, -0.1) is 0 Å². The van der Waals surface area contributed by atoms with Crippen LogP contribution in [-0.4, -0.2) is 56.5 Å². The van der Waals surface area contributed by atoms with Gasteiger partial charge in [0, 0.05) is 43.3 Å². The first-order valence-electron chi connectivity index (χ1n) is 10.7. The van der Waals surface area contributed by atoms with Crippen LogP contribution < -0.4 is 32.2 Å². The van der Waals surface area contributed by atoms with E-state index in [0.29, 0.717) is 18.8 Å². The summed E-state index contributed by atoms with van der Waals surface area (Å²) < 4.78 is 35.5. The Morgan fingerprint density at radius 3 is 2.47 bits per heavy atom. The van der Waals surface area contributed by atoms with Gasteiger partial charge in [-0.3, -0.25) is 14.8 Å². The molecule has 1 atom stereocenters. The summed E-state index contributed by atoms with van der Waals surface area (Å²) in [5.41, 5.74) is 12.3. The van der Waals surface area contributed by atoms with Gasteiger partial charge in [0.25, 0.3) is 0 Å². The Morgan fingerprint density at radius 2 is 1.79 bits per heavy atom. The molecule has 0 bridgehead atoms. The third-order valence-electron chi connectivity index (χ3n) is 5.56. The summed E-state index contributed by atoms with van der Waals surface area (Å²) in [6.07, 6.45) is 1.38. The Balaban J connectivity index is 1.46. The minimum atomic E-state index is -0.779. The van der Waals surface area contributed by atoms with Crippen molar-refractivity contribution in [1.29, 1.82) is 0 Å². The number of hydroxylamine groups is 1. The molecule has 0 aliphatic carbocycles. The first-order chi connectivity index (χ1) is 16.4. The fourth-order valence-electron chi connectivity index (χ4n) is 3.96. The smallest absolute Gasteiger partial charge is 0.414 e. The van der Waals surface area contributed by atoms with E-state index >= 15 is 8.78 Å². The molecule has 2 aliphatic rings. The zero-order chi connectivity index (χ0) is 24.2. The largest absolute Gasteiger partial charge is 0.442 e. The lowest BCUT2D eigenvalue weighted by atomic mass is 10.2. The van der Waals surface area contributed by atoms with Crippen molar-refractivity contribution in [2.24, 2.45) is 11.6 Å². The van der Waals surface area contributed by atoms with E-state index in [9.17, 15) is 4.79 Å². The SMILES string of the molecule is N/C=C\N(N)C[C@H]1CN(c2cc(F)c(N3CCON(c4ccc(N)cc4)CC3)c(F)c2)C(=O)O1. The molecule has 6 N–H and O–H groups in total. The number of ether oxygens (including phenoxy) is 1. The van der Waals surface area contributed by atoms with Gasteiger partial charge < -0.3 is 26.1 Å². The highest BCUT2D eigenvalue weighted by Crippen LogP contribution is 2.32. The number of nitrogen functional groups attached to an aromatic ring is 1. The van der Waals surface area contributed by atoms with Crippen molar-refractivity contribution < 1.29 is 23.1 Å². The van der Waals surface area contributed by atoms with Gasteiger partial charge in [-0.2, -0.15) is 0 Å². The first-order valence-corrected chi connectivity index (χ1v) is 10.7. The molecule has 2 aromatic rings. The van der Waals surface area contributed by atoms with Crippen molar-refractivity contribution in [2.45, 2.75) is 6.10 Å². The van der Waals surface area contributed by atoms with Gasteiger partial charge in [0.05, 0.1) is 37.6 Å². The van der Waals surface area contributed by atoms with Crippen molar-refractivity contribution in [3.8, 4) is 0 Å². The van der Waals surface area contributed by atoms with E-state index in [1.54, 1.807) is 22.1 Å². The number of carbonyl (C=O) groups is 1. The van der Waals surface area contributed by atoms with Crippen molar-refractivity contribution in [3.63, 3.8) is 0 Å². The normalized spacial score (nSPS) is 19.0. The number of anilines is 4. The number of amides is 1. The predicted molar refractivity (Wildman–Crippen MR) is 125 cm³/mol. The molecule has 4 rings (SSSR count). The average Bonchev–Trinajstić information content (AvgIpc) is 2.99. The van der Waals surface area contributed by atoms with Gasteiger partial charge in [0.2, 0.25) is 0 Å². The molecule has 10 nitrogen and oxygen atoms in total. The molecule has 0 aromatic heterocycles. The summed E-state index contributed by atoms with van der Waals surface area (Å²) in [6.45, 7) is 1.50. The Morgan fingerprint density at radius 1 is 1.09 bits per heavy atom. The summed E-state index contributed by atoms with van der Waals surface area (Å²) in [6, 6.07) is 9.41. The molecule has 0 saturated carbocycles. The molecule has 0 radical (unpaired) electrons. The molecule has 2 heterocycles. The Bertz CT molecular complexity index is 1030. The number of hydrazine groups is 1. The number of benzene rings is 2. The van der Waals surface area contributed by atoms with E-state index < -0.39 is 23.8 Å². The molecule has 0 spiro atoms. The van der Waals surface area contributed by atoms with Crippen LogP contribution in [0.2, 0.25) is 0 Å². The monoisotopic (exact) mass is 475 g/mol. The predicted octanol–water partition coefficient (Wildman–Crippen LogP) is 1.74. The molecule has 2 aliphatic heterocycles. The third-order valence-corrected chi connectivity index (χ3v) is 5.56. The van der Waals surface area contributed by atoms with Crippen LogP contribution >= 0.6 is 0 Å². The fourth-order valence-corrected chi connectivity index (χ4v) is 3.96. The quantitative estimate of drug-likeness (QED) is 0.325. The van der Waals surface area contributed by atoms with Crippen LogP contribution in [-0.2, 0) is 9.57 Å². The Hall–Kier alpha value is -3.77. The topological polar surface area (TPSA) is 127 Å². The van der Waals surface area contributed by atoms with Gasteiger partial charge in [-0.1, -0.05) is 0 Å². The van der Waals surface area contributed by atoms with Crippen LogP contribution in [0.25, 0.3) is 0 Å². The number of halogens is 2. The number of nitrogens with two attached hydrogens (primary N) is 3. The average molecular weight is 476 g/mol. The minimum Gasteiger partial charge on any atom is -0.442 e. The van der Waals surface area contributed by atoms with Gasteiger partial charge in [0.1, 0.15) is 11.8 Å². The summed E-state index contributed by atoms with van der Waals surface area (Å²) >= 11 is 0. The number of nitrogens with zero attached hydrogens (tertiary/aromatic N) is 4. The lowest BCUT2D eigenvalue weighted by Gasteiger charge is -2.25. The van der Waals surface area contributed by atoms with Crippen LogP contribution in [0, 0.1) is 11.6 Å². The van der Waals surface area contributed by atoms with Crippen LogP contribution in [0.15, 0.2) is 48.8 Å².